The standard InChI is InChI=1S/C14H24N4O3S2.HI/c1-15-14(17(2)12-13-4-3-8-21-13)16-5-11-23(19,20)18-6-9-22-10-7-18;/h3-4,8H,5-7,9-12H2,1-2H3,(H,15,16);1H. The number of rotatable bonds is 6. The van der Waals surface area contributed by atoms with Crippen LogP contribution in [0, 0.1) is 0 Å². The van der Waals surface area contributed by atoms with E-state index in [1.54, 1.807) is 29.4 Å². The second-order valence-electron chi connectivity index (χ2n) is 5.24. The van der Waals surface area contributed by atoms with Gasteiger partial charge in [0, 0.05) is 45.2 Å². The van der Waals surface area contributed by atoms with E-state index in [9.17, 15) is 8.42 Å². The van der Waals surface area contributed by atoms with Gasteiger partial charge in [-0.25, -0.2) is 12.7 Å². The van der Waals surface area contributed by atoms with Crippen molar-refractivity contribution in [2.24, 2.45) is 4.99 Å². The number of hydrogen-bond acceptors (Lipinski definition) is 5. The van der Waals surface area contributed by atoms with Gasteiger partial charge in [-0.3, -0.25) is 4.99 Å². The second kappa shape index (κ2) is 10.5. The first kappa shape index (κ1) is 21.6. The molecule has 2 heterocycles. The molecule has 0 saturated carbocycles. The minimum absolute atomic E-state index is 0. The Kier molecular flexibility index (Phi) is 9.45. The molecule has 2 rings (SSSR count). The van der Waals surface area contributed by atoms with Gasteiger partial charge in [0.15, 0.2) is 5.96 Å². The quantitative estimate of drug-likeness (QED) is 0.370. The first-order valence-corrected chi connectivity index (χ1v) is 10.3. The van der Waals surface area contributed by atoms with Crippen LogP contribution < -0.4 is 5.32 Å². The van der Waals surface area contributed by atoms with Crippen LogP contribution in [0.15, 0.2) is 27.8 Å². The normalized spacial score (nSPS) is 16.5. The number of guanidine groups is 1. The van der Waals surface area contributed by atoms with E-state index in [0.717, 1.165) is 17.3 Å². The summed E-state index contributed by atoms with van der Waals surface area (Å²) in [6, 6.07) is 3.73. The van der Waals surface area contributed by atoms with Crippen molar-refractivity contribution in [3.8, 4) is 0 Å². The summed E-state index contributed by atoms with van der Waals surface area (Å²) in [4.78, 5) is 6.07. The number of aliphatic imine (C=N–C) groups is 1. The lowest BCUT2D eigenvalue weighted by atomic mass is 10.4. The highest BCUT2D eigenvalue weighted by Crippen LogP contribution is 2.13. The third-order valence-electron chi connectivity index (χ3n) is 3.55. The molecule has 0 atom stereocenters. The molecule has 1 aromatic heterocycles. The number of halogens is 1. The van der Waals surface area contributed by atoms with Gasteiger partial charge in [-0.05, 0) is 12.1 Å². The number of furan rings is 1. The Labute approximate surface area is 165 Å². The predicted octanol–water partition coefficient (Wildman–Crippen LogP) is 1.28. The molecule has 1 N–H and O–H groups in total. The number of hydrogen-bond donors (Lipinski definition) is 1. The van der Waals surface area contributed by atoms with Crippen LogP contribution in [0.3, 0.4) is 0 Å². The van der Waals surface area contributed by atoms with Gasteiger partial charge < -0.3 is 14.6 Å². The summed E-state index contributed by atoms with van der Waals surface area (Å²) in [5, 5.41) is 3.10. The lowest BCUT2D eigenvalue weighted by Gasteiger charge is -2.26. The van der Waals surface area contributed by atoms with Gasteiger partial charge in [0.25, 0.3) is 0 Å². The van der Waals surface area contributed by atoms with Crippen LogP contribution in [0.2, 0.25) is 0 Å². The summed E-state index contributed by atoms with van der Waals surface area (Å²) in [5.41, 5.74) is 0. The summed E-state index contributed by atoms with van der Waals surface area (Å²) in [7, 11) is 0.364. The van der Waals surface area contributed by atoms with Crippen LogP contribution in [-0.2, 0) is 16.6 Å². The van der Waals surface area contributed by atoms with Crippen molar-refractivity contribution in [3.05, 3.63) is 24.2 Å². The summed E-state index contributed by atoms with van der Waals surface area (Å²) >= 11 is 1.80. The molecule has 138 valence electrons. The van der Waals surface area contributed by atoms with Crippen molar-refractivity contribution in [1.82, 2.24) is 14.5 Å². The summed E-state index contributed by atoms with van der Waals surface area (Å²) in [5.74, 6) is 3.30. The summed E-state index contributed by atoms with van der Waals surface area (Å²) < 4.78 is 31.5. The van der Waals surface area contributed by atoms with Crippen molar-refractivity contribution in [2.45, 2.75) is 6.54 Å². The van der Waals surface area contributed by atoms with Crippen LogP contribution in [-0.4, -0.2) is 74.6 Å². The molecule has 0 aromatic carbocycles. The van der Waals surface area contributed by atoms with E-state index in [1.165, 1.54) is 0 Å². The first-order chi connectivity index (χ1) is 11.0. The minimum atomic E-state index is -3.20. The van der Waals surface area contributed by atoms with Crippen molar-refractivity contribution in [3.63, 3.8) is 0 Å². The van der Waals surface area contributed by atoms with Gasteiger partial charge in [0.2, 0.25) is 10.0 Å². The van der Waals surface area contributed by atoms with Crippen molar-refractivity contribution < 1.29 is 12.8 Å². The topological polar surface area (TPSA) is 78.2 Å². The van der Waals surface area contributed by atoms with Crippen LogP contribution in [0.5, 0.6) is 0 Å². The molecule has 0 bridgehead atoms. The van der Waals surface area contributed by atoms with Gasteiger partial charge in [-0.1, -0.05) is 0 Å². The van der Waals surface area contributed by atoms with E-state index in [0.29, 0.717) is 32.1 Å². The fourth-order valence-electron chi connectivity index (χ4n) is 2.34. The summed E-state index contributed by atoms with van der Waals surface area (Å²) in [6.07, 6.45) is 1.63. The Bertz CT molecular complexity index is 602. The Morgan fingerprint density at radius 1 is 1.46 bits per heavy atom. The van der Waals surface area contributed by atoms with Gasteiger partial charge in [0.1, 0.15) is 5.76 Å². The van der Waals surface area contributed by atoms with Gasteiger partial charge in [-0.2, -0.15) is 11.8 Å². The molecule has 1 aliphatic heterocycles. The maximum absolute atomic E-state index is 12.3. The first-order valence-electron chi connectivity index (χ1n) is 7.52. The van der Waals surface area contributed by atoms with Crippen LogP contribution in [0.4, 0.5) is 0 Å². The molecule has 0 spiro atoms. The minimum Gasteiger partial charge on any atom is -0.467 e. The Hall–Kier alpha value is -0.460. The van der Waals surface area contributed by atoms with E-state index in [2.05, 4.69) is 10.3 Å². The molecule has 0 radical (unpaired) electrons. The average molecular weight is 488 g/mol. The smallest absolute Gasteiger partial charge is 0.215 e. The molecule has 0 unspecified atom stereocenters. The van der Waals surface area contributed by atoms with Crippen molar-refractivity contribution in [2.75, 3.05) is 51.0 Å². The molecule has 0 amide bonds. The Morgan fingerprint density at radius 3 is 2.75 bits per heavy atom. The van der Waals surface area contributed by atoms with Crippen LogP contribution in [0.25, 0.3) is 0 Å². The fraction of sp³-hybridized carbons (Fsp3) is 0.643. The third-order valence-corrected chi connectivity index (χ3v) is 6.37. The molecule has 7 nitrogen and oxygen atoms in total. The van der Waals surface area contributed by atoms with Gasteiger partial charge in [0.05, 0.1) is 18.6 Å². The van der Waals surface area contributed by atoms with Gasteiger partial charge in [-0.15, -0.1) is 24.0 Å². The van der Waals surface area contributed by atoms with Crippen LogP contribution >= 0.6 is 35.7 Å². The van der Waals surface area contributed by atoms with E-state index in [-0.39, 0.29) is 29.7 Å². The number of nitrogens with one attached hydrogen (secondary N) is 1. The van der Waals surface area contributed by atoms with E-state index in [1.807, 2.05) is 24.1 Å². The predicted molar refractivity (Wildman–Crippen MR) is 110 cm³/mol. The number of nitrogens with zero attached hydrogens (tertiary/aromatic N) is 3. The monoisotopic (exact) mass is 488 g/mol. The molecule has 1 fully saturated rings. The number of sulfonamides is 1. The molecular weight excluding hydrogens is 463 g/mol. The molecule has 1 aromatic rings. The number of thioether (sulfide) groups is 1. The largest absolute Gasteiger partial charge is 0.467 e. The van der Waals surface area contributed by atoms with Crippen molar-refractivity contribution in [1.29, 1.82) is 0 Å². The second-order valence-corrected chi connectivity index (χ2v) is 8.55. The van der Waals surface area contributed by atoms with Crippen molar-refractivity contribution >= 4 is 51.7 Å². The van der Waals surface area contributed by atoms with Crippen LogP contribution in [0.1, 0.15) is 5.76 Å². The highest BCUT2D eigenvalue weighted by molar-refractivity contribution is 14.0. The average Bonchev–Trinajstić information content (AvgIpc) is 3.05. The molecule has 10 heteroatoms. The molecule has 24 heavy (non-hydrogen) atoms. The zero-order valence-electron chi connectivity index (χ0n) is 14.0. The lowest BCUT2D eigenvalue weighted by Crippen LogP contribution is -2.44. The maximum Gasteiger partial charge on any atom is 0.215 e. The fourth-order valence-corrected chi connectivity index (χ4v) is 4.83. The molecule has 1 saturated heterocycles. The third kappa shape index (κ3) is 6.45. The lowest BCUT2D eigenvalue weighted by molar-refractivity contribution is 0.400. The zero-order chi connectivity index (χ0) is 16.7. The zero-order valence-corrected chi connectivity index (χ0v) is 17.9. The molecular formula is C14H25IN4O3S2. The highest BCUT2D eigenvalue weighted by atomic mass is 127. The molecule has 1 aliphatic rings. The Balaban J connectivity index is 0.00000288. The molecule has 0 aliphatic carbocycles. The highest BCUT2D eigenvalue weighted by Gasteiger charge is 2.23. The summed E-state index contributed by atoms with van der Waals surface area (Å²) in [6.45, 7) is 2.13. The SMILES string of the molecule is CN=C(NCCS(=O)(=O)N1CCSCC1)N(C)Cc1ccco1.I. The van der Waals surface area contributed by atoms with E-state index in [4.69, 9.17) is 4.42 Å². The Morgan fingerprint density at radius 2 is 2.17 bits per heavy atom. The maximum atomic E-state index is 12.3. The van der Waals surface area contributed by atoms with E-state index >= 15 is 0 Å². The van der Waals surface area contributed by atoms with E-state index < -0.39 is 10.0 Å². The van der Waals surface area contributed by atoms with Gasteiger partial charge >= 0.3 is 0 Å².